The Hall–Kier alpha value is -3.16. The van der Waals surface area contributed by atoms with Crippen molar-refractivity contribution in [3.8, 4) is 17.3 Å². The molecule has 7 nitrogen and oxygen atoms in total. The number of aromatic nitrogens is 3. The first-order valence-electron chi connectivity index (χ1n) is 8.95. The summed E-state index contributed by atoms with van der Waals surface area (Å²) in [6, 6.07) is 6.56. The van der Waals surface area contributed by atoms with Crippen molar-refractivity contribution in [1.82, 2.24) is 20.3 Å². The number of hydrogen-bond acceptors (Lipinski definition) is 6. The maximum Gasteiger partial charge on any atom is 0.419 e. The van der Waals surface area contributed by atoms with Crippen LogP contribution in [0.25, 0.3) is 22.2 Å². The highest BCUT2D eigenvalue weighted by Crippen LogP contribution is 2.38. The molecular formula is C19H17F3N6O. The molecule has 29 heavy (non-hydrogen) atoms. The van der Waals surface area contributed by atoms with Gasteiger partial charge in [-0.25, -0.2) is 9.97 Å². The molecule has 0 radical (unpaired) electrons. The largest absolute Gasteiger partial charge is 0.419 e. The van der Waals surface area contributed by atoms with Crippen LogP contribution in [-0.4, -0.2) is 45.3 Å². The molecule has 0 aliphatic carbocycles. The lowest BCUT2D eigenvalue weighted by Crippen LogP contribution is -2.25. The van der Waals surface area contributed by atoms with Gasteiger partial charge in [-0.05, 0) is 18.6 Å². The number of aliphatic hydroxyl groups is 1. The quantitative estimate of drug-likeness (QED) is 0.534. The molecule has 3 aromatic rings. The Labute approximate surface area is 163 Å². The van der Waals surface area contributed by atoms with E-state index in [2.05, 4.69) is 25.6 Å². The number of aliphatic hydroxyl groups excluding tert-OH is 1. The number of fused-ring (bicyclic) bond motifs is 1. The van der Waals surface area contributed by atoms with Gasteiger partial charge in [-0.15, -0.1) is 0 Å². The number of alkyl halides is 3. The predicted octanol–water partition coefficient (Wildman–Crippen LogP) is 2.65. The van der Waals surface area contributed by atoms with E-state index in [0.29, 0.717) is 29.4 Å². The molecule has 4 rings (SSSR count). The molecule has 1 aromatic carbocycles. The molecule has 150 valence electrons. The van der Waals surface area contributed by atoms with Gasteiger partial charge in [0.1, 0.15) is 5.56 Å². The van der Waals surface area contributed by atoms with Crippen molar-refractivity contribution < 1.29 is 18.3 Å². The number of nitriles is 1. The number of halogens is 3. The highest BCUT2D eigenvalue weighted by molar-refractivity contribution is 5.96. The summed E-state index contributed by atoms with van der Waals surface area (Å²) in [4.78, 5) is 10.9. The number of nitrogens with zero attached hydrogens (tertiary/aromatic N) is 3. The van der Waals surface area contributed by atoms with Gasteiger partial charge in [0.25, 0.3) is 0 Å². The number of benzene rings is 1. The number of H-pyrrole nitrogens is 1. The number of anilines is 1. The molecule has 4 N–H and O–H groups in total. The van der Waals surface area contributed by atoms with E-state index in [0.717, 1.165) is 6.20 Å². The molecule has 0 spiro atoms. The second-order valence-corrected chi connectivity index (χ2v) is 6.89. The topological polar surface area (TPSA) is 110 Å². The zero-order valence-corrected chi connectivity index (χ0v) is 15.1. The zero-order chi connectivity index (χ0) is 20.6. The lowest BCUT2D eigenvalue weighted by atomic mass is 10.0. The van der Waals surface area contributed by atoms with Crippen LogP contribution in [0.1, 0.15) is 17.5 Å². The molecule has 1 saturated heterocycles. The second kappa shape index (κ2) is 7.35. The van der Waals surface area contributed by atoms with Crippen LogP contribution in [0.3, 0.4) is 0 Å². The summed E-state index contributed by atoms with van der Waals surface area (Å²) < 4.78 is 40.8. The van der Waals surface area contributed by atoms with Gasteiger partial charge in [-0.1, -0.05) is 6.07 Å². The zero-order valence-electron chi connectivity index (χ0n) is 15.1. The maximum atomic E-state index is 13.6. The first-order valence-corrected chi connectivity index (χ1v) is 8.95. The monoisotopic (exact) mass is 402 g/mol. The lowest BCUT2D eigenvalue weighted by Gasteiger charge is -2.15. The van der Waals surface area contributed by atoms with Crippen LogP contribution in [0.4, 0.5) is 19.1 Å². The van der Waals surface area contributed by atoms with Crippen LogP contribution in [0.15, 0.2) is 30.6 Å². The third kappa shape index (κ3) is 3.74. The molecule has 0 amide bonds. The van der Waals surface area contributed by atoms with Gasteiger partial charge in [-0.3, -0.25) is 0 Å². The smallest absolute Gasteiger partial charge is 0.395 e. The van der Waals surface area contributed by atoms with Crippen LogP contribution in [0.5, 0.6) is 0 Å². The van der Waals surface area contributed by atoms with Gasteiger partial charge < -0.3 is 20.7 Å². The first-order chi connectivity index (χ1) is 13.9. The number of nitrogens with one attached hydrogen (secondary N) is 3. The summed E-state index contributed by atoms with van der Waals surface area (Å²) in [6.45, 7) is 0.534. The van der Waals surface area contributed by atoms with Crippen molar-refractivity contribution >= 4 is 16.9 Å². The fourth-order valence-electron chi connectivity index (χ4n) is 3.51. The molecule has 2 aromatic heterocycles. The highest BCUT2D eigenvalue weighted by atomic mass is 19.4. The van der Waals surface area contributed by atoms with Crippen LogP contribution in [0, 0.1) is 11.3 Å². The van der Waals surface area contributed by atoms with E-state index in [1.165, 1.54) is 6.20 Å². The van der Waals surface area contributed by atoms with E-state index in [1.807, 2.05) is 6.07 Å². The minimum Gasteiger partial charge on any atom is -0.395 e. The normalized spacial score (nSPS) is 19.4. The van der Waals surface area contributed by atoms with E-state index in [9.17, 15) is 18.3 Å². The summed E-state index contributed by atoms with van der Waals surface area (Å²) in [5, 5.41) is 24.9. The number of aromatic amines is 1. The highest BCUT2D eigenvalue weighted by Gasteiger charge is 2.36. The van der Waals surface area contributed by atoms with E-state index in [4.69, 9.17) is 5.26 Å². The standard InChI is InChI=1S/C19H17F3N6O/c20-19(21,22)15-8-26-18(27-11-4-12(9-29)24-6-11)28-17(15)14-7-25-16-3-10(5-23)1-2-13(14)16/h1-3,7-8,11-12,24-25,29H,4,6,9H2,(H,26,27,28)/t11-,12+/m1/s1. The molecule has 0 bridgehead atoms. The van der Waals surface area contributed by atoms with Crippen molar-refractivity contribution in [3.05, 3.63) is 41.7 Å². The summed E-state index contributed by atoms with van der Waals surface area (Å²) in [7, 11) is 0. The molecule has 0 unspecified atom stereocenters. The molecule has 10 heteroatoms. The van der Waals surface area contributed by atoms with Crippen molar-refractivity contribution in [1.29, 1.82) is 5.26 Å². The molecule has 2 atom stereocenters. The summed E-state index contributed by atoms with van der Waals surface area (Å²) in [5.74, 6) is 0.0846. The second-order valence-electron chi connectivity index (χ2n) is 6.89. The van der Waals surface area contributed by atoms with Crippen LogP contribution < -0.4 is 10.6 Å². The van der Waals surface area contributed by atoms with E-state index in [-0.39, 0.29) is 35.9 Å². The van der Waals surface area contributed by atoms with Crippen molar-refractivity contribution in [3.63, 3.8) is 0 Å². The fraction of sp³-hybridized carbons (Fsp3) is 0.316. The molecule has 1 fully saturated rings. The van der Waals surface area contributed by atoms with E-state index in [1.54, 1.807) is 18.2 Å². The fourth-order valence-corrected chi connectivity index (χ4v) is 3.51. The van der Waals surface area contributed by atoms with Gasteiger partial charge in [0.2, 0.25) is 5.95 Å². The minimum absolute atomic E-state index is 0.0165. The van der Waals surface area contributed by atoms with Gasteiger partial charge >= 0.3 is 6.18 Å². The average Bonchev–Trinajstić information content (AvgIpc) is 3.33. The predicted molar refractivity (Wildman–Crippen MR) is 99.9 cm³/mol. The summed E-state index contributed by atoms with van der Waals surface area (Å²) >= 11 is 0. The maximum absolute atomic E-state index is 13.6. The van der Waals surface area contributed by atoms with Crippen LogP contribution in [-0.2, 0) is 6.18 Å². The SMILES string of the molecule is N#Cc1ccc2c(-c3nc(N[C@H]4CN[C@H](CO)C4)ncc3C(F)(F)F)c[nH]c2c1. The van der Waals surface area contributed by atoms with Crippen molar-refractivity contribution in [2.75, 3.05) is 18.5 Å². The van der Waals surface area contributed by atoms with Gasteiger partial charge in [0, 0.05) is 47.5 Å². The van der Waals surface area contributed by atoms with Gasteiger partial charge in [0.15, 0.2) is 0 Å². The Bertz CT molecular complexity index is 1090. The van der Waals surface area contributed by atoms with E-state index < -0.39 is 11.7 Å². The Morgan fingerprint density at radius 2 is 2.17 bits per heavy atom. The lowest BCUT2D eigenvalue weighted by molar-refractivity contribution is -0.137. The van der Waals surface area contributed by atoms with Crippen LogP contribution >= 0.6 is 0 Å². The van der Waals surface area contributed by atoms with Crippen molar-refractivity contribution in [2.45, 2.75) is 24.7 Å². The number of rotatable bonds is 4. The Balaban J connectivity index is 1.75. The van der Waals surface area contributed by atoms with Gasteiger partial charge in [-0.2, -0.15) is 18.4 Å². The van der Waals surface area contributed by atoms with Crippen LogP contribution in [0.2, 0.25) is 0 Å². The van der Waals surface area contributed by atoms with Crippen molar-refractivity contribution in [2.24, 2.45) is 0 Å². The third-order valence-electron chi connectivity index (χ3n) is 4.94. The summed E-state index contributed by atoms with van der Waals surface area (Å²) in [5.41, 5.74) is 0.0481. The average molecular weight is 402 g/mol. The van der Waals surface area contributed by atoms with E-state index >= 15 is 0 Å². The summed E-state index contributed by atoms with van der Waals surface area (Å²) in [6.07, 6.45) is -1.79. The van der Waals surface area contributed by atoms with Gasteiger partial charge in [0.05, 0.1) is 23.9 Å². The Kier molecular flexibility index (Phi) is 4.86. The third-order valence-corrected chi connectivity index (χ3v) is 4.94. The Morgan fingerprint density at radius 1 is 1.34 bits per heavy atom. The Morgan fingerprint density at radius 3 is 2.86 bits per heavy atom. The molecule has 1 aliphatic heterocycles. The molecule has 0 saturated carbocycles. The first kappa shape index (κ1) is 19.2. The number of hydrogen-bond donors (Lipinski definition) is 4. The molecule has 3 heterocycles. The molecular weight excluding hydrogens is 385 g/mol. The minimum atomic E-state index is -4.62. The molecule has 1 aliphatic rings.